The summed E-state index contributed by atoms with van der Waals surface area (Å²) in [5.74, 6) is 0.847. The first-order valence-electron chi connectivity index (χ1n) is 2.58. The SMILES string of the molecule is O=S.O=S1(=O)CCCC1. The lowest BCUT2D eigenvalue weighted by atomic mass is 10.4. The molecule has 0 bridgehead atoms. The molecule has 5 heteroatoms. The molecule has 1 saturated heterocycles. The molecule has 1 aliphatic rings. The van der Waals surface area contributed by atoms with Crippen LogP contribution in [0.4, 0.5) is 0 Å². The Morgan fingerprint density at radius 3 is 1.44 bits per heavy atom. The predicted molar refractivity (Wildman–Crippen MR) is 36.0 cm³/mol. The molecule has 0 unspecified atom stereocenters. The first-order chi connectivity index (χ1) is 4.21. The summed E-state index contributed by atoms with van der Waals surface area (Å²) in [5, 5.41) is 0. The Balaban J connectivity index is 0.000000291. The van der Waals surface area contributed by atoms with Crippen molar-refractivity contribution in [3.63, 3.8) is 0 Å². The molecule has 1 heterocycles. The minimum absolute atomic E-state index is 0.424. The average molecular weight is 168 g/mol. The summed E-state index contributed by atoms with van der Waals surface area (Å²) in [6.45, 7) is 0. The van der Waals surface area contributed by atoms with Gasteiger partial charge in [0.15, 0.2) is 12.5 Å². The van der Waals surface area contributed by atoms with Crippen molar-refractivity contribution < 1.29 is 12.6 Å². The van der Waals surface area contributed by atoms with E-state index in [-0.39, 0.29) is 0 Å². The van der Waals surface area contributed by atoms with Crippen molar-refractivity contribution >= 4 is 22.4 Å². The highest BCUT2D eigenvalue weighted by Gasteiger charge is 2.16. The fraction of sp³-hybridized carbons (Fsp3) is 1.00. The zero-order chi connectivity index (χ0) is 7.33. The maximum atomic E-state index is 10.4. The highest BCUT2D eigenvalue weighted by molar-refractivity contribution is 7.91. The Morgan fingerprint density at radius 1 is 1.00 bits per heavy atom. The van der Waals surface area contributed by atoms with Gasteiger partial charge >= 0.3 is 0 Å². The van der Waals surface area contributed by atoms with E-state index in [0.717, 1.165) is 12.8 Å². The van der Waals surface area contributed by atoms with Gasteiger partial charge in [-0.25, -0.2) is 8.42 Å². The van der Waals surface area contributed by atoms with Crippen LogP contribution < -0.4 is 0 Å². The summed E-state index contributed by atoms with van der Waals surface area (Å²) in [4.78, 5) is 0. The second kappa shape index (κ2) is 3.90. The molecule has 0 radical (unpaired) electrons. The molecular weight excluding hydrogens is 160 g/mol. The molecule has 0 N–H and O–H groups in total. The lowest BCUT2D eigenvalue weighted by Crippen LogP contribution is -1.98. The Hall–Kier alpha value is -0.0300. The molecule has 0 aliphatic carbocycles. The summed E-state index contributed by atoms with van der Waals surface area (Å²) in [5.41, 5.74) is 0. The molecule has 0 spiro atoms. The third kappa shape index (κ3) is 3.53. The van der Waals surface area contributed by atoms with E-state index in [1.54, 1.807) is 0 Å². The number of hydrogen-bond donors (Lipinski definition) is 0. The predicted octanol–water partition coefficient (Wildman–Crippen LogP) is -0.141. The molecule has 0 atom stereocenters. The second-order valence-electron chi connectivity index (χ2n) is 1.86. The van der Waals surface area contributed by atoms with Gasteiger partial charge in [-0.2, -0.15) is 4.21 Å². The summed E-state index contributed by atoms with van der Waals surface area (Å²) in [6.07, 6.45) is 1.75. The molecular formula is C4H8O3S2. The summed E-state index contributed by atoms with van der Waals surface area (Å²) in [6, 6.07) is 0. The molecule has 0 saturated carbocycles. The van der Waals surface area contributed by atoms with Crippen molar-refractivity contribution in [3.05, 3.63) is 0 Å². The second-order valence-corrected chi connectivity index (χ2v) is 4.16. The molecule has 1 rings (SSSR count). The molecule has 0 amide bonds. The number of hydrogen-bond acceptors (Lipinski definition) is 4. The van der Waals surface area contributed by atoms with Gasteiger partial charge < -0.3 is 0 Å². The van der Waals surface area contributed by atoms with Crippen molar-refractivity contribution in [2.24, 2.45) is 0 Å². The van der Waals surface area contributed by atoms with Gasteiger partial charge in [0.25, 0.3) is 0 Å². The van der Waals surface area contributed by atoms with Crippen LogP contribution in [0.5, 0.6) is 0 Å². The molecule has 1 fully saturated rings. The van der Waals surface area contributed by atoms with Gasteiger partial charge in [0.2, 0.25) is 0 Å². The minimum Gasteiger partial charge on any atom is -0.229 e. The topological polar surface area (TPSA) is 51.2 Å². The number of sulfone groups is 1. The van der Waals surface area contributed by atoms with E-state index in [1.807, 2.05) is 0 Å². The van der Waals surface area contributed by atoms with E-state index in [9.17, 15) is 8.42 Å². The maximum Gasteiger partial charge on any atom is 0.197 e. The summed E-state index contributed by atoms with van der Waals surface area (Å²) < 4.78 is 28.7. The van der Waals surface area contributed by atoms with Gasteiger partial charge in [-0.3, -0.25) is 0 Å². The zero-order valence-electron chi connectivity index (χ0n) is 4.87. The van der Waals surface area contributed by atoms with Crippen molar-refractivity contribution in [1.29, 1.82) is 0 Å². The van der Waals surface area contributed by atoms with E-state index in [1.165, 1.54) is 0 Å². The Bertz CT molecular complexity index is 149. The molecule has 0 aromatic heterocycles. The van der Waals surface area contributed by atoms with Crippen molar-refractivity contribution in [1.82, 2.24) is 0 Å². The fourth-order valence-electron chi connectivity index (χ4n) is 0.746. The first kappa shape index (κ1) is 8.97. The van der Waals surface area contributed by atoms with Gasteiger partial charge in [0.05, 0.1) is 11.5 Å². The van der Waals surface area contributed by atoms with Crippen LogP contribution in [-0.4, -0.2) is 24.1 Å². The molecule has 0 aromatic rings. The quantitative estimate of drug-likeness (QED) is 0.505. The van der Waals surface area contributed by atoms with E-state index in [0.29, 0.717) is 11.5 Å². The standard InChI is InChI=1S/C4H8O2S.OS/c5-7(6)3-1-2-4-7;1-2/h1-4H2;. The van der Waals surface area contributed by atoms with Crippen LogP contribution in [0.2, 0.25) is 0 Å². The van der Waals surface area contributed by atoms with Crippen molar-refractivity contribution in [2.45, 2.75) is 12.8 Å². The summed E-state index contributed by atoms with van der Waals surface area (Å²) in [7, 11) is -2.55. The Labute approximate surface area is 59.9 Å². The molecule has 9 heavy (non-hydrogen) atoms. The Kier molecular flexibility index (Phi) is 3.88. The van der Waals surface area contributed by atoms with E-state index in [4.69, 9.17) is 4.21 Å². The van der Waals surface area contributed by atoms with Crippen LogP contribution in [0, 0.1) is 0 Å². The van der Waals surface area contributed by atoms with E-state index >= 15 is 0 Å². The average Bonchev–Trinajstić information content (AvgIpc) is 2.19. The smallest absolute Gasteiger partial charge is 0.197 e. The van der Waals surface area contributed by atoms with E-state index in [2.05, 4.69) is 12.5 Å². The third-order valence-corrected chi connectivity index (χ3v) is 2.98. The molecule has 1 aliphatic heterocycles. The van der Waals surface area contributed by atoms with Crippen molar-refractivity contribution in [2.75, 3.05) is 11.5 Å². The van der Waals surface area contributed by atoms with E-state index < -0.39 is 9.84 Å². The minimum atomic E-state index is -2.55. The maximum absolute atomic E-state index is 10.4. The lowest BCUT2D eigenvalue weighted by Gasteiger charge is -1.81. The van der Waals surface area contributed by atoms with Gasteiger partial charge in [0, 0.05) is 0 Å². The molecule has 3 nitrogen and oxygen atoms in total. The zero-order valence-corrected chi connectivity index (χ0v) is 6.50. The Morgan fingerprint density at radius 2 is 1.33 bits per heavy atom. The van der Waals surface area contributed by atoms with Crippen LogP contribution >= 0.6 is 0 Å². The van der Waals surface area contributed by atoms with Crippen molar-refractivity contribution in [3.8, 4) is 0 Å². The summed E-state index contributed by atoms with van der Waals surface area (Å²) >= 11 is 2.83. The van der Waals surface area contributed by atoms with Crippen LogP contribution in [-0.2, 0) is 22.4 Å². The fourth-order valence-corrected chi connectivity index (χ4v) is 2.24. The molecule has 0 aromatic carbocycles. The third-order valence-electron chi connectivity index (χ3n) is 1.16. The van der Waals surface area contributed by atoms with Crippen LogP contribution in [0.15, 0.2) is 0 Å². The highest BCUT2D eigenvalue weighted by atomic mass is 32.2. The normalized spacial score (nSPS) is 22.2. The van der Waals surface area contributed by atoms with Gasteiger partial charge in [-0.15, -0.1) is 0 Å². The van der Waals surface area contributed by atoms with Crippen LogP contribution in [0.3, 0.4) is 0 Å². The van der Waals surface area contributed by atoms with Gasteiger partial charge in [-0.1, -0.05) is 0 Å². The largest absolute Gasteiger partial charge is 0.229 e. The van der Waals surface area contributed by atoms with Crippen LogP contribution in [0.1, 0.15) is 12.8 Å². The van der Waals surface area contributed by atoms with Gasteiger partial charge in [0.1, 0.15) is 9.84 Å². The van der Waals surface area contributed by atoms with Gasteiger partial charge in [-0.05, 0) is 12.8 Å². The highest BCUT2D eigenvalue weighted by Crippen LogP contribution is 2.08. The lowest BCUT2D eigenvalue weighted by molar-refractivity contribution is 0.602. The van der Waals surface area contributed by atoms with Crippen LogP contribution in [0.25, 0.3) is 0 Å². The molecule has 54 valence electrons. The number of rotatable bonds is 0. The first-order valence-corrected chi connectivity index (χ1v) is 4.73. The monoisotopic (exact) mass is 168 g/mol.